The van der Waals surface area contributed by atoms with Gasteiger partial charge in [-0.1, -0.05) is 188 Å². The summed E-state index contributed by atoms with van der Waals surface area (Å²) in [6, 6.07) is 85.4. The Balaban J connectivity index is 0.939. The second-order valence-electron chi connectivity index (χ2n) is 16.0. The highest BCUT2D eigenvalue weighted by atomic mass is 16.5. The van der Waals surface area contributed by atoms with Gasteiger partial charge in [-0.15, -0.1) is 0 Å². The van der Waals surface area contributed by atoms with E-state index in [2.05, 4.69) is 229 Å². The molecule has 0 atom stereocenters. The molecule has 2 heteroatoms. The summed E-state index contributed by atoms with van der Waals surface area (Å²) in [6.07, 6.45) is 0. The molecule has 0 bridgehead atoms. The zero-order chi connectivity index (χ0) is 41.0. The van der Waals surface area contributed by atoms with E-state index in [1.807, 2.05) is 12.1 Å². The van der Waals surface area contributed by atoms with Crippen LogP contribution in [0.1, 0.15) is 0 Å². The Morgan fingerprint density at radius 1 is 0.258 bits per heavy atom. The molecule has 0 unspecified atom stereocenters. The van der Waals surface area contributed by atoms with Crippen molar-refractivity contribution in [3.63, 3.8) is 0 Å². The van der Waals surface area contributed by atoms with Crippen LogP contribution >= 0.6 is 0 Å². The molecule has 12 rings (SSSR count). The Bertz CT molecular complexity index is 3470. The summed E-state index contributed by atoms with van der Waals surface area (Å²) in [5.41, 5.74) is 15.1. The van der Waals surface area contributed by atoms with Crippen LogP contribution in [0.2, 0.25) is 0 Å². The van der Waals surface area contributed by atoms with Gasteiger partial charge in [0.2, 0.25) is 0 Å². The van der Waals surface area contributed by atoms with Gasteiger partial charge in [0.25, 0.3) is 0 Å². The predicted molar refractivity (Wildman–Crippen MR) is 261 cm³/mol. The molecule has 0 aliphatic carbocycles. The molecule has 0 N–H and O–H groups in total. The Kier molecular flexibility index (Phi) is 8.53. The molecule has 0 amide bonds. The minimum Gasteiger partial charge on any atom is -0.456 e. The third-order valence-corrected chi connectivity index (χ3v) is 12.5. The Morgan fingerprint density at radius 3 is 1.40 bits per heavy atom. The molecule has 1 aliphatic rings. The zero-order valence-electron chi connectivity index (χ0n) is 33.9. The minimum atomic E-state index is 0.894. The van der Waals surface area contributed by atoms with Crippen molar-refractivity contribution in [2.45, 2.75) is 0 Å². The van der Waals surface area contributed by atoms with Crippen LogP contribution in [-0.4, -0.2) is 0 Å². The van der Waals surface area contributed by atoms with Crippen LogP contribution in [0, 0.1) is 0 Å². The summed E-state index contributed by atoms with van der Waals surface area (Å²) in [4.78, 5) is 2.37. The fourth-order valence-electron chi connectivity index (χ4n) is 9.48. The molecule has 0 radical (unpaired) electrons. The molecule has 0 aromatic heterocycles. The monoisotopic (exact) mass is 789 g/mol. The van der Waals surface area contributed by atoms with Crippen molar-refractivity contribution in [1.82, 2.24) is 0 Å². The van der Waals surface area contributed by atoms with E-state index < -0.39 is 0 Å². The van der Waals surface area contributed by atoms with E-state index in [0.717, 1.165) is 45.1 Å². The molecule has 1 aliphatic heterocycles. The van der Waals surface area contributed by atoms with Gasteiger partial charge in [-0.25, -0.2) is 0 Å². The standard InChI is InChI=1S/C60H39NO/c1-3-17-50-42(11-1)13-8-20-52(50)44-27-25-40(26-28-44)41-29-33-47(34-30-41)61(48-35-31-45(32-36-48)53-21-9-14-43-12-2-4-18-51(43)53)49-16-7-15-46(39-49)54-37-38-59-60-56(54)22-10-23-57(60)55-19-5-6-24-58(55)62-59/h1-39H. The van der Waals surface area contributed by atoms with E-state index in [0.29, 0.717) is 0 Å². The van der Waals surface area contributed by atoms with E-state index in [1.54, 1.807) is 0 Å². The van der Waals surface area contributed by atoms with Gasteiger partial charge in [-0.2, -0.15) is 0 Å². The normalized spacial score (nSPS) is 11.7. The Morgan fingerprint density at radius 2 is 0.726 bits per heavy atom. The van der Waals surface area contributed by atoms with Gasteiger partial charge in [0.15, 0.2) is 0 Å². The first-order chi connectivity index (χ1) is 30.7. The van der Waals surface area contributed by atoms with Gasteiger partial charge >= 0.3 is 0 Å². The summed E-state index contributed by atoms with van der Waals surface area (Å²) in [7, 11) is 0. The average molecular weight is 790 g/mol. The topological polar surface area (TPSA) is 12.5 Å². The van der Waals surface area contributed by atoms with Gasteiger partial charge in [-0.3, -0.25) is 0 Å². The highest BCUT2D eigenvalue weighted by molar-refractivity contribution is 6.10. The van der Waals surface area contributed by atoms with Crippen LogP contribution in [-0.2, 0) is 0 Å². The van der Waals surface area contributed by atoms with Crippen LogP contribution < -0.4 is 9.64 Å². The first-order valence-corrected chi connectivity index (χ1v) is 21.2. The van der Waals surface area contributed by atoms with Crippen molar-refractivity contribution in [3.8, 4) is 67.1 Å². The Hall–Kier alpha value is -8.20. The number of hydrogen-bond acceptors (Lipinski definition) is 2. The van der Waals surface area contributed by atoms with E-state index >= 15 is 0 Å². The van der Waals surface area contributed by atoms with Crippen LogP contribution in [0.5, 0.6) is 11.5 Å². The maximum atomic E-state index is 6.46. The van der Waals surface area contributed by atoms with E-state index in [4.69, 9.17) is 4.74 Å². The van der Waals surface area contributed by atoms with Crippen LogP contribution in [0.15, 0.2) is 237 Å². The van der Waals surface area contributed by atoms with Crippen LogP contribution in [0.3, 0.4) is 0 Å². The summed E-state index contributed by atoms with van der Waals surface area (Å²) in [5, 5.41) is 7.34. The van der Waals surface area contributed by atoms with Crippen molar-refractivity contribution in [2.75, 3.05) is 4.90 Å². The fraction of sp³-hybridized carbons (Fsp3) is 0. The van der Waals surface area contributed by atoms with Crippen molar-refractivity contribution >= 4 is 49.4 Å². The lowest BCUT2D eigenvalue weighted by Crippen LogP contribution is -2.10. The summed E-state index contributed by atoms with van der Waals surface area (Å²) < 4.78 is 6.46. The summed E-state index contributed by atoms with van der Waals surface area (Å²) in [5.74, 6) is 1.79. The Labute approximate surface area is 361 Å². The van der Waals surface area contributed by atoms with Gasteiger partial charge < -0.3 is 9.64 Å². The second-order valence-corrected chi connectivity index (χ2v) is 16.0. The minimum absolute atomic E-state index is 0.894. The molecule has 62 heavy (non-hydrogen) atoms. The number of rotatable bonds is 7. The second kappa shape index (κ2) is 14.8. The number of para-hydroxylation sites is 1. The first kappa shape index (κ1) is 35.7. The smallest absolute Gasteiger partial charge is 0.135 e. The largest absolute Gasteiger partial charge is 0.456 e. The average Bonchev–Trinajstić information content (AvgIpc) is 3.34. The van der Waals surface area contributed by atoms with Crippen LogP contribution in [0.4, 0.5) is 17.1 Å². The lowest BCUT2D eigenvalue weighted by molar-refractivity contribution is 0.487. The van der Waals surface area contributed by atoms with Crippen LogP contribution in [0.25, 0.3) is 88.0 Å². The molecule has 290 valence electrons. The number of ether oxygens (including phenoxy) is 1. The lowest BCUT2D eigenvalue weighted by atomic mass is 9.90. The first-order valence-electron chi connectivity index (χ1n) is 21.2. The SMILES string of the molecule is c1cc(-c2ccc3c4c(cccc24)-c2ccccc2O3)cc(N(c2ccc(-c3ccc(-c4cccc5ccccc45)cc3)cc2)c2ccc(-c3cccc4ccccc34)cc2)c1. The fourth-order valence-corrected chi connectivity index (χ4v) is 9.48. The summed E-state index contributed by atoms with van der Waals surface area (Å²) in [6.45, 7) is 0. The lowest BCUT2D eigenvalue weighted by Gasteiger charge is -2.27. The van der Waals surface area contributed by atoms with Gasteiger partial charge in [0.1, 0.15) is 11.5 Å². The predicted octanol–water partition coefficient (Wildman–Crippen LogP) is 17.1. The molecular weight excluding hydrogens is 751 g/mol. The molecule has 11 aromatic carbocycles. The molecule has 11 aromatic rings. The zero-order valence-corrected chi connectivity index (χ0v) is 33.9. The number of fused-ring (bicyclic) bond motifs is 4. The summed E-state index contributed by atoms with van der Waals surface area (Å²) >= 11 is 0. The highest BCUT2D eigenvalue weighted by Crippen LogP contribution is 2.49. The molecular formula is C60H39NO. The number of nitrogens with zero attached hydrogens (tertiary/aromatic N) is 1. The molecule has 0 spiro atoms. The molecule has 0 fully saturated rings. The van der Waals surface area contributed by atoms with Gasteiger partial charge in [0, 0.05) is 28.0 Å². The van der Waals surface area contributed by atoms with Crippen molar-refractivity contribution in [1.29, 1.82) is 0 Å². The quantitative estimate of drug-likeness (QED) is 0.159. The van der Waals surface area contributed by atoms with Crippen molar-refractivity contribution < 1.29 is 4.74 Å². The van der Waals surface area contributed by atoms with Crippen molar-refractivity contribution in [3.05, 3.63) is 237 Å². The maximum absolute atomic E-state index is 6.46. The van der Waals surface area contributed by atoms with Crippen molar-refractivity contribution in [2.24, 2.45) is 0 Å². The number of benzene rings is 11. The van der Waals surface area contributed by atoms with Gasteiger partial charge in [-0.05, 0) is 126 Å². The van der Waals surface area contributed by atoms with Gasteiger partial charge in [0.05, 0.1) is 0 Å². The number of anilines is 3. The highest BCUT2D eigenvalue weighted by Gasteiger charge is 2.22. The molecule has 0 saturated carbocycles. The third-order valence-electron chi connectivity index (χ3n) is 12.5. The van der Waals surface area contributed by atoms with E-state index in [9.17, 15) is 0 Å². The third kappa shape index (κ3) is 6.12. The maximum Gasteiger partial charge on any atom is 0.135 e. The van der Waals surface area contributed by atoms with E-state index in [-0.39, 0.29) is 0 Å². The number of hydrogen-bond donors (Lipinski definition) is 0. The molecule has 0 saturated heterocycles. The molecule has 1 heterocycles. The molecule has 2 nitrogen and oxygen atoms in total. The van der Waals surface area contributed by atoms with E-state index in [1.165, 1.54) is 71.4 Å².